The van der Waals surface area contributed by atoms with Crippen LogP contribution >= 0.6 is 24.0 Å². The fourth-order valence-corrected chi connectivity index (χ4v) is 3.71. The second kappa shape index (κ2) is 8.35. The minimum Gasteiger partial charge on any atom is -0.497 e. The van der Waals surface area contributed by atoms with Crippen LogP contribution in [0.3, 0.4) is 0 Å². The van der Waals surface area contributed by atoms with E-state index in [-0.39, 0.29) is 12.3 Å². The van der Waals surface area contributed by atoms with Gasteiger partial charge in [-0.15, -0.1) is 0 Å². The predicted octanol–water partition coefficient (Wildman–Crippen LogP) is 3.08. The summed E-state index contributed by atoms with van der Waals surface area (Å²) in [5.74, 6) is 0.179. The molecule has 1 aliphatic heterocycles. The van der Waals surface area contributed by atoms with Gasteiger partial charge in [0.25, 0.3) is 5.91 Å². The van der Waals surface area contributed by atoms with Crippen molar-refractivity contribution >= 4 is 46.3 Å². The summed E-state index contributed by atoms with van der Waals surface area (Å²) in [6.45, 7) is 2.21. The summed E-state index contributed by atoms with van der Waals surface area (Å²) in [6, 6.07) is 3.62. The molecule has 1 saturated heterocycles. The molecule has 0 aromatic heterocycles. The van der Waals surface area contributed by atoms with Crippen molar-refractivity contribution in [2.24, 2.45) is 0 Å². The molecule has 2 rings (SSSR count). The summed E-state index contributed by atoms with van der Waals surface area (Å²) < 4.78 is 11.1. The molecule has 0 aliphatic carbocycles. The Morgan fingerprint density at radius 1 is 1.36 bits per heavy atom. The van der Waals surface area contributed by atoms with Gasteiger partial charge in [0.1, 0.15) is 15.8 Å². The van der Waals surface area contributed by atoms with Gasteiger partial charge in [-0.3, -0.25) is 14.5 Å². The summed E-state index contributed by atoms with van der Waals surface area (Å²) in [4.78, 5) is 25.1. The van der Waals surface area contributed by atoms with Gasteiger partial charge in [-0.05, 0) is 31.1 Å². The fraction of sp³-hybridized carbons (Fsp3) is 0.353. The monoisotopic (exact) mass is 381 g/mol. The van der Waals surface area contributed by atoms with Crippen molar-refractivity contribution in [1.29, 1.82) is 0 Å². The third kappa shape index (κ3) is 4.52. The number of methoxy groups -OCH3 is 2. The Morgan fingerprint density at radius 3 is 2.68 bits per heavy atom. The lowest BCUT2D eigenvalue weighted by Gasteiger charge is -2.13. The average molecular weight is 381 g/mol. The van der Waals surface area contributed by atoms with E-state index in [1.807, 2.05) is 13.0 Å². The van der Waals surface area contributed by atoms with Gasteiger partial charge in [0.15, 0.2) is 0 Å². The Kier molecular flexibility index (Phi) is 6.44. The second-order valence-corrected chi connectivity index (χ2v) is 7.07. The van der Waals surface area contributed by atoms with E-state index in [0.717, 1.165) is 11.1 Å². The van der Waals surface area contributed by atoms with Crippen molar-refractivity contribution in [2.45, 2.75) is 19.8 Å². The molecule has 1 aliphatic rings. The van der Waals surface area contributed by atoms with Crippen LogP contribution in [0.5, 0.6) is 11.5 Å². The number of hydrogen-bond donors (Lipinski definition) is 1. The Hall–Kier alpha value is -2.06. The molecule has 0 unspecified atom stereocenters. The van der Waals surface area contributed by atoms with Crippen LogP contribution in [0.4, 0.5) is 0 Å². The number of rotatable bonds is 7. The third-order valence-electron chi connectivity index (χ3n) is 3.70. The van der Waals surface area contributed by atoms with Gasteiger partial charge in [-0.2, -0.15) is 0 Å². The molecule has 1 aromatic carbocycles. The smallest absolute Gasteiger partial charge is 0.303 e. The Labute approximate surface area is 155 Å². The van der Waals surface area contributed by atoms with Gasteiger partial charge >= 0.3 is 5.97 Å². The van der Waals surface area contributed by atoms with Crippen LogP contribution in [0.25, 0.3) is 6.08 Å². The molecule has 0 atom stereocenters. The molecule has 0 radical (unpaired) electrons. The summed E-state index contributed by atoms with van der Waals surface area (Å²) in [7, 11) is 3.14. The van der Waals surface area contributed by atoms with Crippen LogP contribution in [0, 0.1) is 6.92 Å². The van der Waals surface area contributed by atoms with Gasteiger partial charge in [-0.1, -0.05) is 24.0 Å². The molecule has 25 heavy (non-hydrogen) atoms. The number of carboxylic acids is 1. The largest absolute Gasteiger partial charge is 0.497 e. The van der Waals surface area contributed by atoms with Crippen LogP contribution < -0.4 is 9.47 Å². The van der Waals surface area contributed by atoms with Gasteiger partial charge in [0.2, 0.25) is 0 Å². The number of nitrogens with zero attached hydrogens (tertiary/aromatic N) is 1. The number of carbonyl (C=O) groups excluding carboxylic acids is 1. The second-order valence-electron chi connectivity index (χ2n) is 5.39. The lowest BCUT2D eigenvalue weighted by molar-refractivity contribution is -0.137. The first-order chi connectivity index (χ1) is 11.9. The zero-order valence-electron chi connectivity index (χ0n) is 14.2. The summed E-state index contributed by atoms with van der Waals surface area (Å²) in [5.41, 5.74) is 1.70. The molecular formula is C17H19NO5S2. The number of hydrogen-bond acceptors (Lipinski definition) is 6. The number of carboxylic acid groups (broad SMARTS) is 1. The summed E-state index contributed by atoms with van der Waals surface area (Å²) in [6.07, 6.45) is 2.12. The van der Waals surface area contributed by atoms with Crippen molar-refractivity contribution in [2.75, 3.05) is 20.8 Å². The van der Waals surface area contributed by atoms with E-state index in [1.165, 1.54) is 16.7 Å². The standard InChI is InChI=1S/C17H19NO5S2/c1-10-7-11(22-2)8-13(23-3)12(10)9-14-16(21)18(17(24)25-14)6-4-5-15(19)20/h7-9H,4-6H2,1-3H3,(H,19,20)/b14-9-. The van der Waals surface area contributed by atoms with Crippen LogP contribution in [0.2, 0.25) is 0 Å². The molecule has 6 nitrogen and oxygen atoms in total. The molecule has 1 fully saturated rings. The highest BCUT2D eigenvalue weighted by atomic mass is 32.2. The van der Waals surface area contributed by atoms with Crippen molar-refractivity contribution in [3.63, 3.8) is 0 Å². The average Bonchev–Trinajstić information content (AvgIpc) is 2.83. The van der Waals surface area contributed by atoms with Gasteiger partial charge < -0.3 is 14.6 Å². The maximum Gasteiger partial charge on any atom is 0.303 e. The van der Waals surface area contributed by atoms with Gasteiger partial charge in [0.05, 0.1) is 19.1 Å². The SMILES string of the molecule is COc1cc(C)c(/C=C2\SC(=S)N(CCCC(=O)O)C2=O)c(OC)c1. The minimum atomic E-state index is -0.889. The number of ether oxygens (including phenoxy) is 2. The third-order valence-corrected chi connectivity index (χ3v) is 5.08. The number of amides is 1. The van der Waals surface area contributed by atoms with E-state index in [0.29, 0.717) is 33.7 Å². The quantitative estimate of drug-likeness (QED) is 0.574. The number of benzene rings is 1. The highest BCUT2D eigenvalue weighted by Crippen LogP contribution is 2.36. The van der Waals surface area contributed by atoms with Crippen molar-refractivity contribution in [3.05, 3.63) is 28.2 Å². The number of carbonyl (C=O) groups is 2. The van der Waals surface area contributed by atoms with E-state index in [9.17, 15) is 9.59 Å². The summed E-state index contributed by atoms with van der Waals surface area (Å²) in [5, 5.41) is 8.72. The van der Waals surface area contributed by atoms with Crippen LogP contribution in [-0.4, -0.2) is 47.0 Å². The zero-order chi connectivity index (χ0) is 18.6. The van der Waals surface area contributed by atoms with E-state index in [4.69, 9.17) is 26.8 Å². The highest BCUT2D eigenvalue weighted by Gasteiger charge is 2.32. The zero-order valence-corrected chi connectivity index (χ0v) is 15.8. The molecular weight excluding hydrogens is 362 g/mol. The normalized spacial score (nSPS) is 15.8. The Bertz CT molecular complexity index is 745. The fourth-order valence-electron chi connectivity index (χ4n) is 2.42. The van der Waals surface area contributed by atoms with E-state index < -0.39 is 5.97 Å². The molecule has 0 bridgehead atoms. The van der Waals surface area contributed by atoms with Crippen molar-refractivity contribution in [1.82, 2.24) is 4.90 Å². The molecule has 1 heterocycles. The minimum absolute atomic E-state index is 0.00151. The van der Waals surface area contributed by atoms with Gasteiger partial charge in [-0.25, -0.2) is 0 Å². The van der Waals surface area contributed by atoms with E-state index in [1.54, 1.807) is 26.4 Å². The number of aryl methyl sites for hydroxylation is 1. The molecule has 1 N–H and O–H groups in total. The number of thiocarbonyl (C=S) groups is 1. The molecule has 0 spiro atoms. The molecule has 1 aromatic rings. The first kappa shape index (κ1) is 19.3. The van der Waals surface area contributed by atoms with Crippen LogP contribution in [0.1, 0.15) is 24.0 Å². The lowest BCUT2D eigenvalue weighted by atomic mass is 10.1. The lowest BCUT2D eigenvalue weighted by Crippen LogP contribution is -2.29. The van der Waals surface area contributed by atoms with Crippen molar-refractivity contribution < 1.29 is 24.2 Å². The predicted molar refractivity (Wildman–Crippen MR) is 101 cm³/mol. The first-order valence-corrected chi connectivity index (χ1v) is 8.79. The molecule has 1 amide bonds. The molecule has 0 saturated carbocycles. The molecule has 134 valence electrons. The highest BCUT2D eigenvalue weighted by molar-refractivity contribution is 8.26. The summed E-state index contributed by atoms with van der Waals surface area (Å²) >= 11 is 6.46. The Balaban J connectivity index is 2.26. The maximum absolute atomic E-state index is 12.6. The Morgan fingerprint density at radius 2 is 2.08 bits per heavy atom. The van der Waals surface area contributed by atoms with Gasteiger partial charge in [0, 0.05) is 24.6 Å². The van der Waals surface area contributed by atoms with Crippen LogP contribution in [0.15, 0.2) is 17.0 Å². The number of aliphatic carboxylic acids is 1. The maximum atomic E-state index is 12.6. The van der Waals surface area contributed by atoms with Crippen molar-refractivity contribution in [3.8, 4) is 11.5 Å². The first-order valence-electron chi connectivity index (χ1n) is 7.57. The number of thioether (sulfide) groups is 1. The topological polar surface area (TPSA) is 76.1 Å². The van der Waals surface area contributed by atoms with E-state index in [2.05, 4.69) is 0 Å². The van der Waals surface area contributed by atoms with Crippen LogP contribution in [-0.2, 0) is 9.59 Å². The van der Waals surface area contributed by atoms with E-state index >= 15 is 0 Å². The molecule has 8 heteroatoms.